The van der Waals surface area contributed by atoms with Crippen LogP contribution in [0.1, 0.15) is 10.4 Å². The molecule has 0 bridgehead atoms. The number of hydrogen-bond acceptors (Lipinski definition) is 3. The Morgan fingerprint density at radius 1 is 0.955 bits per heavy atom. The first-order valence-electron chi connectivity index (χ1n) is 6.13. The van der Waals surface area contributed by atoms with Crippen LogP contribution >= 0.6 is 0 Å². The highest BCUT2D eigenvalue weighted by atomic mass is 19.1. The lowest BCUT2D eigenvalue weighted by molar-refractivity contribution is 0.0954. The van der Waals surface area contributed by atoms with E-state index in [2.05, 4.69) is 10.6 Å². The van der Waals surface area contributed by atoms with Crippen LogP contribution < -0.4 is 21.9 Å². The van der Waals surface area contributed by atoms with Gasteiger partial charge < -0.3 is 10.6 Å². The fourth-order valence-corrected chi connectivity index (χ4v) is 1.78. The molecule has 0 unspecified atom stereocenters. The second-order valence-corrected chi connectivity index (χ2v) is 4.26. The molecule has 0 aliphatic heterocycles. The quantitative estimate of drug-likeness (QED) is 0.398. The van der Waals surface area contributed by atoms with E-state index in [1.165, 1.54) is 12.1 Å². The maximum absolute atomic E-state index is 13.0. The molecule has 3 amide bonds. The minimum atomic E-state index is -0.821. The molecule has 2 aromatic rings. The first-order chi connectivity index (χ1) is 10.5. The number of hydrogen-bond donors (Lipinski definition) is 4. The summed E-state index contributed by atoms with van der Waals surface area (Å²) < 4.78 is 26.1. The van der Waals surface area contributed by atoms with Gasteiger partial charge in [-0.05, 0) is 24.3 Å². The number of halogens is 2. The van der Waals surface area contributed by atoms with E-state index in [9.17, 15) is 18.4 Å². The summed E-state index contributed by atoms with van der Waals surface area (Å²) in [5.74, 6) is 2.82. The minimum Gasteiger partial charge on any atom is -0.308 e. The van der Waals surface area contributed by atoms with Crippen molar-refractivity contribution < 1.29 is 18.4 Å². The summed E-state index contributed by atoms with van der Waals surface area (Å²) in [7, 11) is 0. The van der Waals surface area contributed by atoms with Crippen molar-refractivity contribution in [2.45, 2.75) is 0 Å². The van der Waals surface area contributed by atoms with Gasteiger partial charge in [-0.25, -0.2) is 19.4 Å². The van der Waals surface area contributed by atoms with Gasteiger partial charge >= 0.3 is 6.03 Å². The van der Waals surface area contributed by atoms with Gasteiger partial charge in [0.2, 0.25) is 0 Å². The lowest BCUT2D eigenvalue weighted by Gasteiger charge is -2.11. The topological polar surface area (TPSA) is 96.2 Å². The van der Waals surface area contributed by atoms with Crippen molar-refractivity contribution in [3.05, 3.63) is 59.7 Å². The monoisotopic (exact) mass is 306 g/mol. The van der Waals surface area contributed by atoms with E-state index in [1.54, 1.807) is 12.1 Å². The summed E-state index contributed by atoms with van der Waals surface area (Å²) in [6.45, 7) is 0. The van der Waals surface area contributed by atoms with Gasteiger partial charge in [0.15, 0.2) is 0 Å². The third kappa shape index (κ3) is 3.76. The minimum absolute atomic E-state index is 0.0595. The van der Waals surface area contributed by atoms with E-state index >= 15 is 0 Å². The van der Waals surface area contributed by atoms with Crippen LogP contribution in [0.25, 0.3) is 0 Å². The second kappa shape index (κ2) is 6.64. The zero-order chi connectivity index (χ0) is 16.1. The largest absolute Gasteiger partial charge is 0.323 e. The van der Waals surface area contributed by atoms with Gasteiger partial charge in [-0.3, -0.25) is 10.2 Å². The van der Waals surface area contributed by atoms with Crippen molar-refractivity contribution in [3.8, 4) is 0 Å². The zero-order valence-electron chi connectivity index (χ0n) is 11.2. The Morgan fingerprint density at radius 2 is 1.59 bits per heavy atom. The molecule has 0 aliphatic carbocycles. The molecular weight excluding hydrogens is 294 g/mol. The first kappa shape index (κ1) is 15.4. The van der Waals surface area contributed by atoms with Crippen LogP contribution in [0.15, 0.2) is 42.5 Å². The molecular formula is C14H12F2N4O2. The van der Waals surface area contributed by atoms with E-state index in [0.717, 1.165) is 12.1 Å². The summed E-state index contributed by atoms with van der Waals surface area (Å²) in [5, 5.41) is 4.67. The average Bonchev–Trinajstić information content (AvgIpc) is 2.45. The molecule has 0 fully saturated rings. The highest BCUT2D eigenvalue weighted by Gasteiger charge is 2.12. The molecule has 0 saturated heterocycles. The van der Waals surface area contributed by atoms with Crippen molar-refractivity contribution >= 4 is 23.3 Å². The number of rotatable bonds is 3. The first-order valence-corrected chi connectivity index (χ1v) is 6.13. The third-order valence-electron chi connectivity index (χ3n) is 2.67. The maximum atomic E-state index is 13.0. The average molecular weight is 306 g/mol. The Hall–Kier alpha value is -3.00. The molecule has 0 atom stereocenters. The highest BCUT2D eigenvalue weighted by Crippen LogP contribution is 2.16. The number of nitrogens with two attached hydrogens (primary N) is 1. The second-order valence-electron chi connectivity index (χ2n) is 4.26. The van der Waals surface area contributed by atoms with Crippen LogP contribution in [0.4, 0.5) is 25.0 Å². The molecule has 8 heteroatoms. The van der Waals surface area contributed by atoms with Crippen LogP contribution in [0.2, 0.25) is 0 Å². The molecule has 0 heterocycles. The molecule has 22 heavy (non-hydrogen) atoms. The number of para-hydroxylation sites is 1. The summed E-state index contributed by atoms with van der Waals surface area (Å²) in [5.41, 5.74) is 2.23. The highest BCUT2D eigenvalue weighted by molar-refractivity contribution is 6.06. The smallest absolute Gasteiger partial charge is 0.308 e. The molecule has 6 nitrogen and oxygen atoms in total. The molecule has 0 aromatic heterocycles. The number of hydrazine groups is 1. The number of carbonyl (C=O) groups is 2. The number of anilines is 2. The van der Waals surface area contributed by atoms with Crippen LogP contribution in [0.3, 0.4) is 0 Å². The number of nitrogen functional groups attached to an aromatic ring is 1. The molecule has 5 N–H and O–H groups in total. The standard InChI is InChI=1S/C14H12F2N4O2/c15-8-5-9(16)7-10(6-8)18-14(22)19-12-4-2-1-3-11(12)13(21)20-17/h1-7H,17H2,(H,20,21)(H2,18,19,22). The van der Waals surface area contributed by atoms with Crippen molar-refractivity contribution in [2.24, 2.45) is 5.84 Å². The van der Waals surface area contributed by atoms with E-state index in [0.29, 0.717) is 6.07 Å². The van der Waals surface area contributed by atoms with Crippen LogP contribution in [0, 0.1) is 11.6 Å². The molecule has 0 aliphatic rings. The van der Waals surface area contributed by atoms with Crippen LogP contribution in [-0.4, -0.2) is 11.9 Å². The van der Waals surface area contributed by atoms with E-state index < -0.39 is 23.6 Å². The van der Waals surface area contributed by atoms with Gasteiger partial charge in [0.1, 0.15) is 11.6 Å². The summed E-state index contributed by atoms with van der Waals surface area (Å²) in [4.78, 5) is 23.4. The maximum Gasteiger partial charge on any atom is 0.323 e. The number of urea groups is 1. The molecule has 2 rings (SSSR count). The van der Waals surface area contributed by atoms with E-state index in [1.807, 2.05) is 5.43 Å². The Kier molecular flexibility index (Phi) is 4.64. The fourth-order valence-electron chi connectivity index (χ4n) is 1.78. The Labute approximate surface area is 124 Å². The number of benzene rings is 2. The SMILES string of the molecule is NNC(=O)c1ccccc1NC(=O)Nc1cc(F)cc(F)c1. The van der Waals surface area contributed by atoms with Crippen molar-refractivity contribution in [1.29, 1.82) is 0 Å². The Bertz CT molecular complexity index is 701. The van der Waals surface area contributed by atoms with Crippen LogP contribution in [-0.2, 0) is 0 Å². The molecule has 0 radical (unpaired) electrons. The lowest BCUT2D eigenvalue weighted by atomic mass is 10.1. The van der Waals surface area contributed by atoms with Crippen molar-refractivity contribution in [1.82, 2.24) is 5.43 Å². The third-order valence-corrected chi connectivity index (χ3v) is 2.67. The fraction of sp³-hybridized carbons (Fsp3) is 0. The van der Waals surface area contributed by atoms with Gasteiger partial charge in [-0.1, -0.05) is 12.1 Å². The Balaban J connectivity index is 2.14. The lowest BCUT2D eigenvalue weighted by Crippen LogP contribution is -2.31. The van der Waals surface area contributed by atoms with Gasteiger partial charge in [0, 0.05) is 11.8 Å². The van der Waals surface area contributed by atoms with Gasteiger partial charge in [-0.2, -0.15) is 0 Å². The summed E-state index contributed by atoms with van der Waals surface area (Å²) >= 11 is 0. The molecule has 114 valence electrons. The van der Waals surface area contributed by atoms with Crippen molar-refractivity contribution in [3.63, 3.8) is 0 Å². The molecule has 0 spiro atoms. The Morgan fingerprint density at radius 3 is 2.23 bits per heavy atom. The number of amides is 3. The van der Waals surface area contributed by atoms with Gasteiger partial charge in [0.25, 0.3) is 5.91 Å². The van der Waals surface area contributed by atoms with Crippen molar-refractivity contribution in [2.75, 3.05) is 10.6 Å². The van der Waals surface area contributed by atoms with Gasteiger partial charge in [-0.15, -0.1) is 0 Å². The predicted octanol–water partition coefficient (Wildman–Crippen LogP) is 2.21. The zero-order valence-corrected chi connectivity index (χ0v) is 11.2. The van der Waals surface area contributed by atoms with Gasteiger partial charge in [0.05, 0.1) is 11.3 Å². The predicted molar refractivity (Wildman–Crippen MR) is 77.1 cm³/mol. The molecule has 2 aromatic carbocycles. The summed E-state index contributed by atoms with van der Waals surface area (Å²) in [6, 6.07) is 7.98. The number of carbonyl (C=O) groups excluding carboxylic acids is 2. The number of nitrogens with one attached hydrogen (secondary N) is 3. The molecule has 0 saturated carbocycles. The summed E-state index contributed by atoms with van der Waals surface area (Å²) in [6.07, 6.45) is 0. The van der Waals surface area contributed by atoms with Crippen LogP contribution in [0.5, 0.6) is 0 Å². The van der Waals surface area contributed by atoms with E-state index in [-0.39, 0.29) is 16.9 Å². The normalized spacial score (nSPS) is 9.95. The van der Waals surface area contributed by atoms with E-state index in [4.69, 9.17) is 5.84 Å².